The molecule has 0 bridgehead atoms. The number of aliphatic hydroxyl groups excluding tert-OH is 3. The average Bonchev–Trinajstić information content (AvgIpc) is 2.65. The third-order valence-corrected chi connectivity index (χ3v) is 4.59. The highest BCUT2D eigenvalue weighted by Crippen LogP contribution is 2.43. The van der Waals surface area contributed by atoms with Gasteiger partial charge >= 0.3 is 0 Å². The van der Waals surface area contributed by atoms with Gasteiger partial charge in [0.05, 0.1) is 18.8 Å². The maximum Gasteiger partial charge on any atom is 0.224 e. The van der Waals surface area contributed by atoms with Crippen LogP contribution >= 0.6 is 0 Å². The van der Waals surface area contributed by atoms with E-state index < -0.39 is 18.0 Å². The number of rotatable bonds is 2. The second kappa shape index (κ2) is 6.26. The Kier molecular flexibility index (Phi) is 4.52. The normalized spacial score (nSPS) is 35.2. The van der Waals surface area contributed by atoms with E-state index in [9.17, 15) is 15.3 Å². The number of hydrogen-bond acceptors (Lipinski definition) is 5. The van der Waals surface area contributed by atoms with Gasteiger partial charge < -0.3 is 24.8 Å². The van der Waals surface area contributed by atoms with Crippen molar-refractivity contribution in [1.82, 2.24) is 0 Å². The number of benzene rings is 1. The van der Waals surface area contributed by atoms with Crippen LogP contribution in [0.5, 0.6) is 0 Å². The van der Waals surface area contributed by atoms with Crippen LogP contribution in [0.2, 0.25) is 0 Å². The van der Waals surface area contributed by atoms with Gasteiger partial charge in [-0.1, -0.05) is 23.8 Å². The standard InChI is InChI=1S/C17H24O5/c1-11-4-5-14-12(9-11)3-2-8-21-17(14)16(20)15(19)10-13(22-17)6-7-18/h4-5,9,13,15-16,18-20H,2-3,6-8,10H2,1H3/t13-,15+,16-,17+/m1/s1. The summed E-state index contributed by atoms with van der Waals surface area (Å²) in [6, 6.07) is 5.98. The van der Waals surface area contributed by atoms with Crippen LogP contribution in [0.25, 0.3) is 0 Å². The molecule has 2 aliphatic heterocycles. The zero-order valence-electron chi connectivity index (χ0n) is 12.9. The van der Waals surface area contributed by atoms with Crippen LogP contribution in [-0.2, 0) is 21.7 Å². The van der Waals surface area contributed by atoms with Crippen molar-refractivity contribution in [2.75, 3.05) is 13.2 Å². The molecule has 5 heteroatoms. The Bertz CT molecular complexity index is 532. The van der Waals surface area contributed by atoms with Crippen molar-refractivity contribution in [1.29, 1.82) is 0 Å². The lowest BCUT2D eigenvalue weighted by Gasteiger charge is -2.46. The summed E-state index contributed by atoms with van der Waals surface area (Å²) in [4.78, 5) is 0. The first kappa shape index (κ1) is 15.9. The number of aryl methyl sites for hydroxylation is 2. The molecule has 1 aromatic rings. The van der Waals surface area contributed by atoms with E-state index in [-0.39, 0.29) is 12.7 Å². The molecule has 2 aliphatic rings. The van der Waals surface area contributed by atoms with E-state index in [0.717, 1.165) is 29.5 Å². The highest BCUT2D eigenvalue weighted by atomic mass is 16.7. The summed E-state index contributed by atoms with van der Waals surface area (Å²) < 4.78 is 12.0. The molecule has 0 aliphatic carbocycles. The van der Waals surface area contributed by atoms with Gasteiger partial charge in [0.15, 0.2) is 0 Å². The largest absolute Gasteiger partial charge is 0.396 e. The minimum Gasteiger partial charge on any atom is -0.396 e. The predicted octanol–water partition coefficient (Wildman–Crippen LogP) is 1.00. The molecule has 3 rings (SSSR count). The second-order valence-corrected chi connectivity index (χ2v) is 6.28. The molecule has 0 amide bonds. The fourth-order valence-corrected chi connectivity index (χ4v) is 3.51. The first-order valence-electron chi connectivity index (χ1n) is 7.95. The fraction of sp³-hybridized carbons (Fsp3) is 0.647. The van der Waals surface area contributed by atoms with Gasteiger partial charge in [-0.3, -0.25) is 0 Å². The molecular formula is C17H24O5. The summed E-state index contributed by atoms with van der Waals surface area (Å²) in [7, 11) is 0. The summed E-state index contributed by atoms with van der Waals surface area (Å²) in [6.45, 7) is 2.47. The van der Waals surface area contributed by atoms with Crippen LogP contribution in [-0.4, -0.2) is 46.8 Å². The van der Waals surface area contributed by atoms with Gasteiger partial charge in [-0.15, -0.1) is 0 Å². The Morgan fingerprint density at radius 2 is 2.14 bits per heavy atom. The van der Waals surface area contributed by atoms with Gasteiger partial charge in [-0.05, 0) is 31.7 Å². The molecule has 0 radical (unpaired) electrons. The zero-order chi connectivity index (χ0) is 15.7. The molecule has 22 heavy (non-hydrogen) atoms. The van der Waals surface area contributed by atoms with Gasteiger partial charge in [0.1, 0.15) is 6.10 Å². The van der Waals surface area contributed by atoms with Crippen molar-refractivity contribution in [3.8, 4) is 0 Å². The highest BCUT2D eigenvalue weighted by Gasteiger charge is 2.52. The summed E-state index contributed by atoms with van der Waals surface area (Å²) in [5, 5.41) is 30.1. The SMILES string of the molecule is Cc1ccc2c(c1)CCCO[C@]21O[C@H](CCO)C[C@H](O)[C@H]1O. The maximum absolute atomic E-state index is 10.6. The zero-order valence-corrected chi connectivity index (χ0v) is 12.9. The van der Waals surface area contributed by atoms with E-state index in [1.54, 1.807) is 0 Å². The lowest BCUT2D eigenvalue weighted by molar-refractivity contribution is -0.350. The van der Waals surface area contributed by atoms with Crippen LogP contribution in [0.4, 0.5) is 0 Å². The molecule has 1 spiro atoms. The topological polar surface area (TPSA) is 79.2 Å². The van der Waals surface area contributed by atoms with Crippen molar-refractivity contribution in [2.45, 2.75) is 56.7 Å². The molecule has 0 saturated carbocycles. The van der Waals surface area contributed by atoms with Crippen LogP contribution in [0.15, 0.2) is 18.2 Å². The minimum absolute atomic E-state index is 0.0235. The monoisotopic (exact) mass is 308 g/mol. The molecule has 2 heterocycles. The first-order chi connectivity index (χ1) is 10.6. The van der Waals surface area contributed by atoms with Gasteiger partial charge in [-0.2, -0.15) is 0 Å². The van der Waals surface area contributed by atoms with Gasteiger partial charge in [0.2, 0.25) is 5.79 Å². The molecule has 5 nitrogen and oxygen atoms in total. The Morgan fingerprint density at radius 1 is 1.32 bits per heavy atom. The van der Waals surface area contributed by atoms with Crippen molar-refractivity contribution < 1.29 is 24.8 Å². The van der Waals surface area contributed by atoms with Crippen molar-refractivity contribution in [3.05, 3.63) is 34.9 Å². The number of aliphatic hydroxyl groups is 3. The van der Waals surface area contributed by atoms with E-state index in [1.807, 2.05) is 19.1 Å². The third-order valence-electron chi connectivity index (χ3n) is 4.59. The summed E-state index contributed by atoms with van der Waals surface area (Å²) in [5.41, 5.74) is 3.03. The summed E-state index contributed by atoms with van der Waals surface area (Å²) in [5.74, 6) is -1.34. The lowest BCUT2D eigenvalue weighted by Crippen LogP contribution is -2.57. The average molecular weight is 308 g/mol. The molecule has 1 aromatic carbocycles. The fourth-order valence-electron chi connectivity index (χ4n) is 3.51. The van der Waals surface area contributed by atoms with Crippen molar-refractivity contribution in [2.24, 2.45) is 0 Å². The smallest absolute Gasteiger partial charge is 0.224 e. The quantitative estimate of drug-likeness (QED) is 0.760. The minimum atomic E-state index is -1.34. The number of hydrogen-bond donors (Lipinski definition) is 3. The summed E-state index contributed by atoms with van der Waals surface area (Å²) >= 11 is 0. The van der Waals surface area contributed by atoms with Crippen LogP contribution in [0.1, 0.15) is 36.0 Å². The second-order valence-electron chi connectivity index (χ2n) is 6.28. The number of fused-ring (bicyclic) bond motifs is 2. The van der Waals surface area contributed by atoms with Crippen molar-refractivity contribution >= 4 is 0 Å². The van der Waals surface area contributed by atoms with E-state index >= 15 is 0 Å². The Hall–Kier alpha value is -0.980. The predicted molar refractivity (Wildman–Crippen MR) is 80.3 cm³/mol. The molecule has 1 fully saturated rings. The molecule has 0 unspecified atom stereocenters. The molecule has 1 saturated heterocycles. The van der Waals surface area contributed by atoms with E-state index in [2.05, 4.69) is 6.07 Å². The van der Waals surface area contributed by atoms with E-state index in [0.29, 0.717) is 19.4 Å². The van der Waals surface area contributed by atoms with Crippen LogP contribution in [0, 0.1) is 6.92 Å². The summed E-state index contributed by atoms with van der Waals surface area (Å²) in [6.07, 6.45) is 0.00426. The van der Waals surface area contributed by atoms with E-state index in [4.69, 9.17) is 9.47 Å². The first-order valence-corrected chi connectivity index (χ1v) is 7.95. The van der Waals surface area contributed by atoms with Gasteiger partial charge in [-0.25, -0.2) is 0 Å². The lowest BCUT2D eigenvalue weighted by atomic mass is 9.86. The Labute approximate surface area is 130 Å². The Morgan fingerprint density at radius 3 is 2.91 bits per heavy atom. The molecule has 0 aromatic heterocycles. The maximum atomic E-state index is 10.6. The van der Waals surface area contributed by atoms with Gasteiger partial charge in [0, 0.05) is 18.6 Å². The highest BCUT2D eigenvalue weighted by molar-refractivity contribution is 5.37. The van der Waals surface area contributed by atoms with Gasteiger partial charge in [0.25, 0.3) is 0 Å². The molecular weight excluding hydrogens is 284 g/mol. The molecule has 3 N–H and O–H groups in total. The third kappa shape index (κ3) is 2.68. The van der Waals surface area contributed by atoms with E-state index in [1.165, 1.54) is 0 Å². The van der Waals surface area contributed by atoms with Crippen LogP contribution in [0.3, 0.4) is 0 Å². The Balaban J connectivity index is 2.05. The molecule has 122 valence electrons. The molecule has 4 atom stereocenters. The number of ether oxygens (including phenoxy) is 2. The van der Waals surface area contributed by atoms with Crippen molar-refractivity contribution in [3.63, 3.8) is 0 Å². The van der Waals surface area contributed by atoms with Crippen LogP contribution < -0.4 is 0 Å².